The summed E-state index contributed by atoms with van der Waals surface area (Å²) in [6.45, 7) is 1.62. The molecule has 0 spiro atoms. The van der Waals surface area contributed by atoms with Crippen molar-refractivity contribution in [1.82, 2.24) is 19.6 Å². The predicted molar refractivity (Wildman–Crippen MR) is 135 cm³/mol. The number of anilines is 2. The van der Waals surface area contributed by atoms with E-state index < -0.39 is 27.0 Å². The van der Waals surface area contributed by atoms with Crippen LogP contribution in [0, 0.1) is 17.6 Å². The van der Waals surface area contributed by atoms with Gasteiger partial charge >= 0.3 is 0 Å². The fourth-order valence-electron chi connectivity index (χ4n) is 5.99. The number of piperidine rings is 1. The molecule has 2 aliphatic heterocycles. The van der Waals surface area contributed by atoms with Gasteiger partial charge in [0.05, 0.1) is 46.4 Å². The van der Waals surface area contributed by atoms with Gasteiger partial charge in [-0.15, -0.1) is 0 Å². The van der Waals surface area contributed by atoms with Crippen LogP contribution in [0.5, 0.6) is 0 Å². The second-order valence-electron chi connectivity index (χ2n) is 10.0. The van der Waals surface area contributed by atoms with Crippen LogP contribution in [-0.2, 0) is 15.4 Å². The predicted octanol–water partition coefficient (Wildman–Crippen LogP) is 3.43. The Kier molecular flexibility index (Phi) is 4.85. The lowest BCUT2D eigenvalue weighted by Crippen LogP contribution is -2.40. The van der Waals surface area contributed by atoms with Crippen LogP contribution in [0.2, 0.25) is 0 Å². The van der Waals surface area contributed by atoms with Gasteiger partial charge in [0.1, 0.15) is 17.5 Å². The van der Waals surface area contributed by atoms with Crippen molar-refractivity contribution in [3.63, 3.8) is 0 Å². The third kappa shape index (κ3) is 3.58. The smallest absolute Gasteiger partial charge is 0.166 e. The Morgan fingerprint density at radius 1 is 1.00 bits per heavy atom. The third-order valence-corrected chi connectivity index (χ3v) is 9.62. The number of benzene rings is 1. The maximum Gasteiger partial charge on any atom is 0.166 e. The summed E-state index contributed by atoms with van der Waals surface area (Å²) in [6.07, 6.45) is 6.96. The summed E-state index contributed by atoms with van der Waals surface area (Å²) in [5.41, 5.74) is 2.78. The number of pyridine rings is 1. The molecule has 8 nitrogen and oxygen atoms in total. The van der Waals surface area contributed by atoms with E-state index in [0.717, 1.165) is 30.2 Å². The van der Waals surface area contributed by atoms with Gasteiger partial charge in [-0.2, -0.15) is 5.10 Å². The van der Waals surface area contributed by atoms with Gasteiger partial charge in [0, 0.05) is 31.4 Å². The highest BCUT2D eigenvalue weighted by atomic mass is 32.2. The lowest BCUT2D eigenvalue weighted by Gasteiger charge is -2.30. The minimum Gasteiger partial charge on any atom is -0.368 e. The lowest BCUT2D eigenvalue weighted by molar-refractivity contribution is 0.544. The van der Waals surface area contributed by atoms with Gasteiger partial charge in [0.15, 0.2) is 15.5 Å². The van der Waals surface area contributed by atoms with Crippen molar-refractivity contribution in [1.29, 1.82) is 0 Å². The number of nitrogens with zero attached hydrogens (tertiary/aromatic N) is 6. The fraction of sp³-hybridized carbons (Fsp3) is 0.346. The number of hydrogen-bond acceptors (Lipinski definition) is 7. The Labute approximate surface area is 212 Å². The Morgan fingerprint density at radius 2 is 1.84 bits per heavy atom. The van der Waals surface area contributed by atoms with Gasteiger partial charge in [-0.25, -0.2) is 26.7 Å². The third-order valence-electron chi connectivity index (χ3n) is 8.01. The minimum atomic E-state index is -2.96. The van der Waals surface area contributed by atoms with E-state index in [-0.39, 0.29) is 17.4 Å². The van der Waals surface area contributed by atoms with Crippen molar-refractivity contribution in [3.05, 3.63) is 72.2 Å². The van der Waals surface area contributed by atoms with Crippen LogP contribution in [-0.4, -0.2) is 59.1 Å². The number of sulfone groups is 1. The van der Waals surface area contributed by atoms with Crippen LogP contribution in [0.1, 0.15) is 18.4 Å². The van der Waals surface area contributed by atoms with Gasteiger partial charge in [0.2, 0.25) is 0 Å². The van der Waals surface area contributed by atoms with Crippen molar-refractivity contribution in [3.8, 4) is 11.3 Å². The van der Waals surface area contributed by atoms with E-state index >= 15 is 0 Å². The topological polar surface area (TPSA) is 83.7 Å². The summed E-state index contributed by atoms with van der Waals surface area (Å²) < 4.78 is 54.0. The molecule has 0 bridgehead atoms. The molecule has 0 radical (unpaired) electrons. The summed E-state index contributed by atoms with van der Waals surface area (Å²) >= 11 is 0. The zero-order valence-corrected chi connectivity index (χ0v) is 20.7. The van der Waals surface area contributed by atoms with Gasteiger partial charge in [-0.1, -0.05) is 0 Å². The van der Waals surface area contributed by atoms with Gasteiger partial charge in [-0.3, -0.25) is 4.98 Å². The molecule has 0 unspecified atom stereocenters. The van der Waals surface area contributed by atoms with Crippen LogP contribution in [0.3, 0.4) is 0 Å². The second kappa shape index (κ2) is 7.95. The first kappa shape index (κ1) is 22.6. The molecule has 5 heterocycles. The SMILES string of the molecule is O=S1(=O)CCN(c2ccc(-c3cnn4ccc(N5CC[C@H]6C[C@]65c5cc(F)ccc5F)nc34)nc2)CC1. The Hall–Kier alpha value is -3.60. The molecule has 7 rings (SSSR count). The molecule has 4 aromatic rings. The molecule has 2 atom stereocenters. The first-order valence-corrected chi connectivity index (χ1v) is 14.2. The molecule has 0 N–H and O–H groups in total. The van der Waals surface area contributed by atoms with Crippen molar-refractivity contribution in [2.45, 2.75) is 18.4 Å². The molecule has 2 saturated heterocycles. The molecule has 37 heavy (non-hydrogen) atoms. The van der Waals surface area contributed by atoms with Crippen LogP contribution in [0.15, 0.2) is 55.0 Å². The molecule has 1 aliphatic carbocycles. The fourth-order valence-corrected chi connectivity index (χ4v) is 7.19. The number of hydrogen-bond donors (Lipinski definition) is 0. The Bertz CT molecular complexity index is 1630. The van der Waals surface area contributed by atoms with Crippen molar-refractivity contribution < 1.29 is 17.2 Å². The lowest BCUT2D eigenvalue weighted by atomic mass is 10.0. The summed E-state index contributed by atoms with van der Waals surface area (Å²) in [5, 5.41) is 4.43. The quantitative estimate of drug-likeness (QED) is 0.406. The van der Waals surface area contributed by atoms with E-state index in [2.05, 4.69) is 15.0 Å². The van der Waals surface area contributed by atoms with Gasteiger partial charge in [-0.05, 0) is 55.2 Å². The molecule has 1 saturated carbocycles. The second-order valence-corrected chi connectivity index (χ2v) is 12.3. The summed E-state index contributed by atoms with van der Waals surface area (Å²) in [5.74, 6) is 0.430. The Balaban J connectivity index is 1.21. The highest BCUT2D eigenvalue weighted by molar-refractivity contribution is 7.91. The van der Waals surface area contributed by atoms with E-state index in [0.29, 0.717) is 42.4 Å². The monoisotopic (exact) mass is 522 g/mol. The highest BCUT2D eigenvalue weighted by Crippen LogP contribution is 2.63. The number of rotatable bonds is 4. The minimum absolute atomic E-state index is 0.147. The zero-order valence-electron chi connectivity index (χ0n) is 19.9. The maximum atomic E-state index is 14.8. The molecule has 190 valence electrons. The van der Waals surface area contributed by atoms with E-state index in [4.69, 9.17) is 4.98 Å². The standard InChI is InChI=1S/C26H24F2N6O2S/c27-18-1-3-22(28)21(13-18)26-14-17(26)5-7-33(26)24-6-8-34-25(31-24)20(16-30-34)23-4-2-19(15-29-23)32-9-11-37(35,36)12-10-32/h1-4,6,8,13,15-17H,5,7,9-12,14H2/t17-,26+/m0/s1. The van der Waals surface area contributed by atoms with Gasteiger partial charge < -0.3 is 9.80 Å². The average molecular weight is 523 g/mol. The van der Waals surface area contributed by atoms with E-state index in [1.54, 1.807) is 16.9 Å². The molecular weight excluding hydrogens is 498 g/mol. The Morgan fingerprint density at radius 3 is 2.59 bits per heavy atom. The molecule has 3 fully saturated rings. The van der Waals surface area contributed by atoms with Crippen LogP contribution in [0.4, 0.5) is 20.3 Å². The normalized spacial score (nSPS) is 24.4. The van der Waals surface area contributed by atoms with Crippen LogP contribution < -0.4 is 9.80 Å². The van der Waals surface area contributed by atoms with Crippen LogP contribution in [0.25, 0.3) is 16.9 Å². The van der Waals surface area contributed by atoms with E-state index in [1.165, 1.54) is 12.1 Å². The molecule has 1 aromatic carbocycles. The zero-order chi connectivity index (χ0) is 25.4. The molecule has 11 heteroatoms. The van der Waals surface area contributed by atoms with Gasteiger partial charge in [0.25, 0.3) is 0 Å². The molecule has 3 aliphatic rings. The first-order chi connectivity index (χ1) is 17.8. The van der Waals surface area contributed by atoms with Crippen LogP contribution >= 0.6 is 0 Å². The summed E-state index contributed by atoms with van der Waals surface area (Å²) in [4.78, 5) is 13.7. The molecular formula is C26H24F2N6O2S. The largest absolute Gasteiger partial charge is 0.368 e. The summed E-state index contributed by atoms with van der Waals surface area (Å²) in [7, 11) is -2.96. The first-order valence-electron chi connectivity index (χ1n) is 12.3. The number of aromatic nitrogens is 4. The summed E-state index contributed by atoms with van der Waals surface area (Å²) in [6, 6.07) is 9.37. The number of fused-ring (bicyclic) bond motifs is 2. The van der Waals surface area contributed by atoms with Crippen molar-refractivity contribution in [2.24, 2.45) is 5.92 Å². The van der Waals surface area contributed by atoms with E-state index in [9.17, 15) is 17.2 Å². The van der Waals surface area contributed by atoms with Crippen molar-refractivity contribution >= 4 is 27.0 Å². The molecule has 3 aromatic heterocycles. The van der Waals surface area contributed by atoms with Crippen molar-refractivity contribution in [2.75, 3.05) is 40.9 Å². The molecule has 0 amide bonds. The highest BCUT2D eigenvalue weighted by Gasteiger charge is 2.64. The average Bonchev–Trinajstić information content (AvgIpc) is 3.27. The van der Waals surface area contributed by atoms with E-state index in [1.807, 2.05) is 29.3 Å². The maximum absolute atomic E-state index is 14.8. The number of halogens is 2.